The van der Waals surface area contributed by atoms with Crippen LogP contribution in [0.2, 0.25) is 0 Å². The minimum atomic E-state index is -0.0510. The molecule has 2 atom stereocenters. The number of nitrogens with zero attached hydrogens (tertiary/aromatic N) is 4. The quantitative estimate of drug-likeness (QED) is 0.837. The van der Waals surface area contributed by atoms with Gasteiger partial charge in [0.25, 0.3) is 0 Å². The molecule has 1 aliphatic carbocycles. The lowest BCUT2D eigenvalue weighted by atomic mass is 10.1. The largest absolute Gasteiger partial charge is 0.331 e. The van der Waals surface area contributed by atoms with E-state index in [2.05, 4.69) is 5.10 Å². The topological polar surface area (TPSA) is 84.5 Å². The number of aromatic nitrogens is 2. The molecule has 1 saturated heterocycles. The Hall–Kier alpha value is -1.60. The van der Waals surface area contributed by atoms with Gasteiger partial charge in [-0.15, -0.1) is 12.4 Å². The van der Waals surface area contributed by atoms with Crippen LogP contribution in [0.4, 0.5) is 5.69 Å². The van der Waals surface area contributed by atoms with Crippen LogP contribution in [0.5, 0.6) is 0 Å². The van der Waals surface area contributed by atoms with Crippen LogP contribution in [-0.2, 0) is 16.6 Å². The van der Waals surface area contributed by atoms with Crippen LogP contribution in [0.1, 0.15) is 19.3 Å². The number of carbonyl (C=O) groups is 2. The molecule has 1 aromatic rings. The maximum atomic E-state index is 12.4. The Labute approximate surface area is 135 Å². The SMILES string of the molecule is Cl.Cn1cc(N2CCN(C(=O)C3CCC(N)C3)CC2=O)cn1. The fourth-order valence-electron chi connectivity index (χ4n) is 3.18. The van der Waals surface area contributed by atoms with Crippen molar-refractivity contribution in [2.45, 2.75) is 25.3 Å². The highest BCUT2D eigenvalue weighted by molar-refractivity contribution is 5.98. The molecule has 2 amide bonds. The summed E-state index contributed by atoms with van der Waals surface area (Å²) in [6, 6.07) is 0.131. The molecule has 2 N–H and O–H groups in total. The van der Waals surface area contributed by atoms with Crippen LogP contribution in [0.3, 0.4) is 0 Å². The number of anilines is 1. The summed E-state index contributed by atoms with van der Waals surface area (Å²) in [5.74, 6) is 0.0322. The predicted molar refractivity (Wildman–Crippen MR) is 84.7 cm³/mol. The Morgan fingerprint density at radius 2 is 2.14 bits per heavy atom. The molecule has 2 heterocycles. The van der Waals surface area contributed by atoms with E-state index in [-0.39, 0.29) is 42.7 Å². The minimum absolute atomic E-state index is 0. The number of carbonyl (C=O) groups excluding carboxylic acids is 2. The van der Waals surface area contributed by atoms with E-state index in [1.807, 2.05) is 13.2 Å². The number of nitrogens with two attached hydrogens (primary N) is 1. The molecule has 0 spiro atoms. The van der Waals surface area contributed by atoms with Crippen molar-refractivity contribution in [3.05, 3.63) is 12.4 Å². The molecule has 7 nitrogen and oxygen atoms in total. The first-order valence-corrected chi connectivity index (χ1v) is 7.38. The Balaban J connectivity index is 0.00000176. The summed E-state index contributed by atoms with van der Waals surface area (Å²) in [6.45, 7) is 1.25. The molecule has 1 aromatic heterocycles. The number of aryl methyl sites for hydroxylation is 1. The second-order valence-corrected chi connectivity index (χ2v) is 5.95. The highest BCUT2D eigenvalue weighted by Gasteiger charge is 2.35. The summed E-state index contributed by atoms with van der Waals surface area (Å²) >= 11 is 0. The van der Waals surface area contributed by atoms with E-state index < -0.39 is 0 Å². The average molecular weight is 328 g/mol. The van der Waals surface area contributed by atoms with Crippen molar-refractivity contribution in [1.29, 1.82) is 0 Å². The maximum Gasteiger partial charge on any atom is 0.246 e. The lowest BCUT2D eigenvalue weighted by Gasteiger charge is -2.34. The summed E-state index contributed by atoms with van der Waals surface area (Å²) in [6.07, 6.45) is 5.98. The summed E-state index contributed by atoms with van der Waals surface area (Å²) in [4.78, 5) is 28.1. The van der Waals surface area contributed by atoms with Gasteiger partial charge in [-0.05, 0) is 19.3 Å². The maximum absolute atomic E-state index is 12.4. The van der Waals surface area contributed by atoms with Gasteiger partial charge in [0.1, 0.15) is 6.54 Å². The monoisotopic (exact) mass is 327 g/mol. The zero-order valence-electron chi connectivity index (χ0n) is 12.6. The highest BCUT2D eigenvalue weighted by atomic mass is 35.5. The number of piperazine rings is 1. The molecule has 1 aliphatic heterocycles. The summed E-state index contributed by atoms with van der Waals surface area (Å²) in [5, 5.41) is 4.08. The fourth-order valence-corrected chi connectivity index (χ4v) is 3.18. The van der Waals surface area contributed by atoms with Crippen molar-refractivity contribution >= 4 is 29.9 Å². The smallest absolute Gasteiger partial charge is 0.246 e. The van der Waals surface area contributed by atoms with Gasteiger partial charge in [0.05, 0.1) is 11.9 Å². The number of amides is 2. The number of halogens is 1. The summed E-state index contributed by atoms with van der Waals surface area (Å²) in [7, 11) is 1.82. The zero-order chi connectivity index (χ0) is 15.0. The van der Waals surface area contributed by atoms with Crippen molar-refractivity contribution < 1.29 is 9.59 Å². The van der Waals surface area contributed by atoms with E-state index in [9.17, 15) is 9.59 Å². The van der Waals surface area contributed by atoms with Crippen molar-refractivity contribution in [2.75, 3.05) is 24.5 Å². The molecule has 1 saturated carbocycles. The molecule has 2 aliphatic rings. The summed E-state index contributed by atoms with van der Waals surface area (Å²) < 4.78 is 1.67. The standard InChI is InChI=1S/C14H21N5O2.ClH/c1-17-8-12(7-16-17)19-5-4-18(9-13(19)20)14(21)10-2-3-11(15)6-10;/h7-8,10-11H,2-6,9,15H2,1H3;1H. The van der Waals surface area contributed by atoms with Gasteiger partial charge in [0, 0.05) is 38.3 Å². The van der Waals surface area contributed by atoms with Crippen LogP contribution in [0, 0.1) is 5.92 Å². The first-order valence-electron chi connectivity index (χ1n) is 7.38. The molecule has 0 radical (unpaired) electrons. The minimum Gasteiger partial charge on any atom is -0.331 e. The van der Waals surface area contributed by atoms with Gasteiger partial charge >= 0.3 is 0 Å². The van der Waals surface area contributed by atoms with Crippen LogP contribution in [-0.4, -0.2) is 52.2 Å². The molecular formula is C14H22ClN5O2. The van der Waals surface area contributed by atoms with E-state index in [1.54, 1.807) is 20.7 Å². The Morgan fingerprint density at radius 3 is 2.68 bits per heavy atom. The molecule has 22 heavy (non-hydrogen) atoms. The van der Waals surface area contributed by atoms with Crippen LogP contribution in [0.25, 0.3) is 0 Å². The van der Waals surface area contributed by atoms with Gasteiger partial charge in [0.2, 0.25) is 11.8 Å². The Kier molecular flexibility index (Phi) is 5.08. The number of hydrogen-bond donors (Lipinski definition) is 1. The first-order chi connectivity index (χ1) is 10.0. The first kappa shape index (κ1) is 16.8. The molecule has 122 valence electrons. The Bertz CT molecular complexity index is 561. The van der Waals surface area contributed by atoms with E-state index in [1.165, 1.54) is 0 Å². The molecule has 3 rings (SSSR count). The molecule has 0 aromatic carbocycles. The van der Waals surface area contributed by atoms with Crippen LogP contribution in [0.15, 0.2) is 12.4 Å². The molecule has 2 unspecified atom stereocenters. The third kappa shape index (κ3) is 3.25. The van der Waals surface area contributed by atoms with Gasteiger partial charge in [0.15, 0.2) is 0 Å². The molecule has 8 heteroatoms. The fraction of sp³-hybridized carbons (Fsp3) is 0.643. The van der Waals surface area contributed by atoms with E-state index >= 15 is 0 Å². The van der Waals surface area contributed by atoms with Gasteiger partial charge in [-0.25, -0.2) is 0 Å². The highest BCUT2D eigenvalue weighted by Crippen LogP contribution is 2.27. The van der Waals surface area contributed by atoms with E-state index in [0.29, 0.717) is 13.1 Å². The van der Waals surface area contributed by atoms with Crippen molar-refractivity contribution in [3.8, 4) is 0 Å². The lowest BCUT2D eigenvalue weighted by Crippen LogP contribution is -2.53. The predicted octanol–water partition coefficient (Wildman–Crippen LogP) is 0.145. The van der Waals surface area contributed by atoms with Crippen molar-refractivity contribution in [3.63, 3.8) is 0 Å². The lowest BCUT2D eigenvalue weighted by molar-refractivity contribution is -0.140. The van der Waals surface area contributed by atoms with E-state index in [0.717, 1.165) is 24.9 Å². The second kappa shape index (κ2) is 6.66. The zero-order valence-corrected chi connectivity index (χ0v) is 13.5. The van der Waals surface area contributed by atoms with Crippen molar-refractivity contribution in [2.24, 2.45) is 18.7 Å². The van der Waals surface area contributed by atoms with Crippen LogP contribution >= 0.6 is 12.4 Å². The second-order valence-electron chi connectivity index (χ2n) is 5.95. The van der Waals surface area contributed by atoms with Gasteiger partial charge in [-0.2, -0.15) is 5.10 Å². The van der Waals surface area contributed by atoms with Gasteiger partial charge in [-0.3, -0.25) is 14.3 Å². The third-order valence-corrected chi connectivity index (χ3v) is 4.36. The third-order valence-electron chi connectivity index (χ3n) is 4.36. The molecule has 2 fully saturated rings. The number of rotatable bonds is 2. The van der Waals surface area contributed by atoms with Gasteiger partial charge < -0.3 is 15.5 Å². The number of hydrogen-bond acceptors (Lipinski definition) is 4. The van der Waals surface area contributed by atoms with E-state index in [4.69, 9.17) is 5.73 Å². The van der Waals surface area contributed by atoms with Crippen molar-refractivity contribution in [1.82, 2.24) is 14.7 Å². The molecular weight excluding hydrogens is 306 g/mol. The summed E-state index contributed by atoms with van der Waals surface area (Å²) in [5.41, 5.74) is 6.65. The Morgan fingerprint density at radius 1 is 1.36 bits per heavy atom. The normalized spacial score (nSPS) is 25.3. The van der Waals surface area contributed by atoms with Gasteiger partial charge in [-0.1, -0.05) is 0 Å². The molecule has 0 bridgehead atoms. The van der Waals surface area contributed by atoms with Crippen LogP contribution < -0.4 is 10.6 Å². The average Bonchev–Trinajstić information content (AvgIpc) is 3.06.